The number of ether oxygens (including phenoxy) is 2. The molecule has 1 aromatic carbocycles. The number of nitrogens with one attached hydrogen (secondary N) is 1. The van der Waals surface area contributed by atoms with Crippen molar-refractivity contribution in [3.05, 3.63) is 33.6 Å². The fraction of sp³-hybridized carbons (Fsp3) is 0.625. The van der Waals surface area contributed by atoms with Crippen LogP contribution in [-0.2, 0) is 13.0 Å². The van der Waals surface area contributed by atoms with Gasteiger partial charge in [-0.05, 0) is 55.6 Å². The highest BCUT2D eigenvalue weighted by molar-refractivity contribution is 5.86. The van der Waals surface area contributed by atoms with Crippen LogP contribution in [0.4, 0.5) is 0 Å². The molecule has 6 rings (SSSR count). The Kier molecular flexibility index (Phi) is 5.46. The van der Waals surface area contributed by atoms with Crippen LogP contribution in [0.5, 0.6) is 11.5 Å². The van der Waals surface area contributed by atoms with E-state index in [1.807, 2.05) is 12.1 Å². The largest absolute Gasteiger partial charge is 0.493 e. The first-order chi connectivity index (χ1) is 14.6. The lowest BCUT2D eigenvalue weighted by atomic mass is 9.84. The van der Waals surface area contributed by atoms with E-state index in [1.54, 1.807) is 14.2 Å². The molecule has 6 heteroatoms. The van der Waals surface area contributed by atoms with E-state index in [2.05, 4.69) is 14.8 Å². The maximum absolute atomic E-state index is 12.9. The van der Waals surface area contributed by atoms with Crippen molar-refractivity contribution in [2.45, 2.75) is 38.6 Å². The molecule has 30 heavy (non-hydrogen) atoms. The van der Waals surface area contributed by atoms with Crippen LogP contribution in [0.2, 0.25) is 0 Å². The van der Waals surface area contributed by atoms with Crippen LogP contribution < -0.4 is 15.0 Å². The Labute approximate surface area is 178 Å². The molecule has 0 atom stereocenters. The Morgan fingerprint density at radius 3 is 2.23 bits per heavy atom. The zero-order valence-corrected chi connectivity index (χ0v) is 18.2. The topological polar surface area (TPSA) is 57.8 Å². The van der Waals surface area contributed by atoms with E-state index in [9.17, 15) is 4.79 Å². The average molecular weight is 412 g/mol. The summed E-state index contributed by atoms with van der Waals surface area (Å²) in [6, 6.07) is 3.88. The lowest BCUT2D eigenvalue weighted by Crippen LogP contribution is -2.41. The molecule has 4 aliphatic rings. The Balaban J connectivity index is 1.33. The summed E-state index contributed by atoms with van der Waals surface area (Å²) in [5, 5.41) is 1.07. The van der Waals surface area contributed by atoms with Gasteiger partial charge in [-0.25, -0.2) is 0 Å². The Morgan fingerprint density at radius 2 is 1.57 bits per heavy atom. The second-order valence-electron chi connectivity index (χ2n) is 9.34. The van der Waals surface area contributed by atoms with Crippen LogP contribution in [-0.4, -0.2) is 61.7 Å². The summed E-state index contributed by atoms with van der Waals surface area (Å²) < 4.78 is 10.9. The molecule has 2 bridgehead atoms. The summed E-state index contributed by atoms with van der Waals surface area (Å²) in [6.45, 7) is 6.44. The van der Waals surface area contributed by atoms with Gasteiger partial charge >= 0.3 is 0 Å². The fourth-order valence-electron chi connectivity index (χ4n) is 5.81. The summed E-state index contributed by atoms with van der Waals surface area (Å²) in [4.78, 5) is 21.1. The molecule has 0 amide bonds. The van der Waals surface area contributed by atoms with Gasteiger partial charge in [0.25, 0.3) is 5.56 Å². The predicted molar refractivity (Wildman–Crippen MR) is 119 cm³/mol. The third-order valence-corrected chi connectivity index (χ3v) is 7.53. The van der Waals surface area contributed by atoms with E-state index in [-0.39, 0.29) is 5.56 Å². The van der Waals surface area contributed by atoms with Gasteiger partial charge in [0, 0.05) is 56.3 Å². The minimum atomic E-state index is 0.0298. The van der Waals surface area contributed by atoms with Gasteiger partial charge in [0.15, 0.2) is 11.5 Å². The second-order valence-corrected chi connectivity index (χ2v) is 9.34. The first-order valence-corrected chi connectivity index (χ1v) is 11.4. The van der Waals surface area contributed by atoms with E-state index in [4.69, 9.17) is 9.47 Å². The fourth-order valence-corrected chi connectivity index (χ4v) is 5.81. The van der Waals surface area contributed by atoms with Crippen molar-refractivity contribution in [3.8, 4) is 11.5 Å². The highest BCUT2D eigenvalue weighted by atomic mass is 16.5. The first kappa shape index (κ1) is 19.9. The van der Waals surface area contributed by atoms with Crippen LogP contribution in [0.3, 0.4) is 0 Å². The Bertz CT molecular complexity index is 964. The maximum atomic E-state index is 12.9. The van der Waals surface area contributed by atoms with Crippen LogP contribution >= 0.6 is 0 Å². The van der Waals surface area contributed by atoms with Gasteiger partial charge in [0.05, 0.1) is 19.7 Å². The van der Waals surface area contributed by atoms with Crippen molar-refractivity contribution in [1.82, 2.24) is 14.8 Å². The molecule has 3 aliphatic heterocycles. The molecular weight excluding hydrogens is 378 g/mol. The molecule has 1 N–H and O–H groups in total. The number of nitrogens with zero attached hydrogens (tertiary/aromatic N) is 2. The smallest absolute Gasteiger partial charge is 0.253 e. The number of aromatic nitrogens is 1. The van der Waals surface area contributed by atoms with Gasteiger partial charge in [-0.1, -0.05) is 0 Å². The zero-order valence-electron chi connectivity index (χ0n) is 18.2. The number of H-pyrrole nitrogens is 1. The van der Waals surface area contributed by atoms with Gasteiger partial charge in [-0.15, -0.1) is 0 Å². The maximum Gasteiger partial charge on any atom is 0.253 e. The van der Waals surface area contributed by atoms with Crippen molar-refractivity contribution in [1.29, 1.82) is 0 Å². The number of pyridine rings is 1. The van der Waals surface area contributed by atoms with Crippen LogP contribution in [0.15, 0.2) is 16.9 Å². The van der Waals surface area contributed by atoms with Crippen LogP contribution in [0.1, 0.15) is 36.8 Å². The van der Waals surface area contributed by atoms with E-state index in [0.29, 0.717) is 11.5 Å². The number of hydrogen-bond acceptors (Lipinski definition) is 5. The number of aromatic amines is 1. The SMILES string of the molecule is COc1cc2[nH]c(=O)c3c(c2cc1OC)CCN(CCN1CC2CCC(CC2)C1)C3. The molecule has 0 radical (unpaired) electrons. The summed E-state index contributed by atoms with van der Waals surface area (Å²) in [6.07, 6.45) is 6.60. The highest BCUT2D eigenvalue weighted by Crippen LogP contribution is 2.35. The number of fused-ring (bicyclic) bond motifs is 7. The molecule has 2 aromatic rings. The summed E-state index contributed by atoms with van der Waals surface area (Å²) in [5.74, 6) is 3.17. The first-order valence-electron chi connectivity index (χ1n) is 11.4. The minimum absolute atomic E-state index is 0.0298. The Morgan fingerprint density at radius 1 is 0.933 bits per heavy atom. The number of rotatable bonds is 5. The standard InChI is InChI=1S/C24H33N3O3/c1-29-22-11-19-18-7-8-26(9-10-27-13-16-3-4-17(14-27)6-5-16)15-20(18)24(28)25-21(19)12-23(22)30-2/h11-12,16-17H,3-10,13-15H2,1-2H3,(H,25,28). The van der Waals surface area contributed by atoms with Gasteiger partial charge in [-0.2, -0.15) is 0 Å². The number of benzene rings is 1. The lowest BCUT2D eigenvalue weighted by molar-refractivity contribution is 0.183. The molecule has 1 aromatic heterocycles. The highest BCUT2D eigenvalue weighted by Gasteiger charge is 2.30. The molecule has 0 unspecified atom stereocenters. The van der Waals surface area contributed by atoms with Crippen LogP contribution in [0.25, 0.3) is 10.9 Å². The molecule has 6 nitrogen and oxygen atoms in total. The van der Waals surface area contributed by atoms with E-state index in [1.165, 1.54) is 44.3 Å². The normalized spacial score (nSPS) is 24.6. The molecule has 0 spiro atoms. The molecule has 162 valence electrons. The molecule has 2 saturated heterocycles. The van der Waals surface area contributed by atoms with Crippen LogP contribution in [0, 0.1) is 11.8 Å². The summed E-state index contributed by atoms with van der Waals surface area (Å²) in [7, 11) is 3.27. The van der Waals surface area contributed by atoms with Gasteiger partial charge in [0.2, 0.25) is 0 Å². The second kappa shape index (κ2) is 8.23. The molecule has 1 aliphatic carbocycles. The molecular formula is C24H33N3O3. The minimum Gasteiger partial charge on any atom is -0.493 e. The molecule has 1 saturated carbocycles. The van der Waals surface area contributed by atoms with Crippen molar-refractivity contribution >= 4 is 10.9 Å². The quantitative estimate of drug-likeness (QED) is 0.820. The third kappa shape index (κ3) is 3.71. The van der Waals surface area contributed by atoms with Crippen molar-refractivity contribution in [2.24, 2.45) is 11.8 Å². The van der Waals surface area contributed by atoms with Gasteiger partial charge < -0.3 is 19.4 Å². The summed E-state index contributed by atoms with van der Waals surface area (Å²) >= 11 is 0. The monoisotopic (exact) mass is 411 g/mol. The predicted octanol–water partition coefficient (Wildman–Crippen LogP) is 3.03. The third-order valence-electron chi connectivity index (χ3n) is 7.53. The summed E-state index contributed by atoms with van der Waals surface area (Å²) in [5.41, 5.74) is 2.93. The lowest BCUT2D eigenvalue weighted by Gasteiger charge is -2.31. The average Bonchev–Trinajstić information content (AvgIpc) is 3.10. The Hall–Kier alpha value is -2.05. The van der Waals surface area contributed by atoms with Crippen molar-refractivity contribution < 1.29 is 9.47 Å². The zero-order chi connectivity index (χ0) is 20.7. The van der Waals surface area contributed by atoms with Crippen molar-refractivity contribution in [3.63, 3.8) is 0 Å². The molecule has 3 fully saturated rings. The molecule has 4 heterocycles. The van der Waals surface area contributed by atoms with E-state index >= 15 is 0 Å². The van der Waals surface area contributed by atoms with Gasteiger partial charge in [-0.3, -0.25) is 9.69 Å². The van der Waals surface area contributed by atoms with E-state index in [0.717, 1.165) is 60.9 Å². The van der Waals surface area contributed by atoms with Gasteiger partial charge in [0.1, 0.15) is 0 Å². The van der Waals surface area contributed by atoms with E-state index < -0.39 is 0 Å². The van der Waals surface area contributed by atoms with Crippen molar-refractivity contribution in [2.75, 3.05) is 46.9 Å². The number of hydrogen-bond donors (Lipinski definition) is 1. The number of methoxy groups -OCH3 is 2.